The molecule has 1 aromatic heterocycles. The van der Waals surface area contributed by atoms with Crippen molar-refractivity contribution in [2.75, 3.05) is 19.6 Å². The molecule has 3 aromatic rings. The second-order valence-corrected chi connectivity index (χ2v) is 9.60. The number of aromatic amines is 1. The molecule has 1 unspecified atom stereocenters. The van der Waals surface area contributed by atoms with Gasteiger partial charge in [-0.25, -0.2) is 19.3 Å². The zero-order valence-electron chi connectivity index (χ0n) is 20.9. The number of H-pyrrole nitrogens is 1. The minimum Gasteiger partial charge on any atom is -0.478 e. The normalized spacial score (nSPS) is 17.9. The number of carbonyl (C=O) groups is 2. The summed E-state index contributed by atoms with van der Waals surface area (Å²) in [6.45, 7) is 1.39. The molecule has 0 aliphatic carbocycles. The average Bonchev–Trinajstić information content (AvgIpc) is 2.95. The molecular weight excluding hydrogens is 507 g/mol. The summed E-state index contributed by atoms with van der Waals surface area (Å²) in [7, 11) is 0. The topological polar surface area (TPSA) is 151 Å². The van der Waals surface area contributed by atoms with Gasteiger partial charge in [-0.15, -0.1) is 0 Å². The number of likely N-dealkylation sites (tertiary alicyclic amines) is 1. The van der Waals surface area contributed by atoms with Crippen molar-refractivity contribution in [2.45, 2.75) is 25.6 Å². The van der Waals surface area contributed by atoms with Gasteiger partial charge in [0.2, 0.25) is 0 Å². The molecule has 0 bridgehead atoms. The van der Waals surface area contributed by atoms with Gasteiger partial charge in [0, 0.05) is 43.9 Å². The van der Waals surface area contributed by atoms with Gasteiger partial charge in [0.1, 0.15) is 5.82 Å². The highest BCUT2D eigenvalue weighted by molar-refractivity contribution is 6.08. The maximum Gasteiger partial charge on any atom is 0.338 e. The van der Waals surface area contributed by atoms with E-state index in [9.17, 15) is 24.0 Å². The highest BCUT2D eigenvalue weighted by Gasteiger charge is 2.27. The standard InChI is InChI=1S/C27H27FN6O5/c28-22-6-5-17(12-23-19-3-1-2-4-20(19)24(35)32-31-23)11-21(22)25(36)33-9-7-16(8-10-33)13-29-27-30-14-18(26(37)38)15-34(27)39/h1-6,11,14-16,27,29,39H,7-10,12-13H2,(H,32,35)(H,37,38). The number of halogens is 1. The lowest BCUT2D eigenvalue weighted by Gasteiger charge is -2.33. The quantitative estimate of drug-likeness (QED) is 0.360. The van der Waals surface area contributed by atoms with E-state index in [0.717, 1.165) is 6.20 Å². The van der Waals surface area contributed by atoms with E-state index in [0.29, 0.717) is 66.0 Å². The summed E-state index contributed by atoms with van der Waals surface area (Å²) in [5.74, 6) is -1.97. The molecule has 2 aromatic carbocycles. The van der Waals surface area contributed by atoms with Gasteiger partial charge in [-0.1, -0.05) is 24.3 Å². The Bertz CT molecular complexity index is 1530. The van der Waals surface area contributed by atoms with Gasteiger partial charge in [-0.2, -0.15) is 5.10 Å². The Hall–Kier alpha value is -4.42. The number of nitrogens with zero attached hydrogens (tertiary/aromatic N) is 4. The van der Waals surface area contributed by atoms with E-state index in [-0.39, 0.29) is 28.5 Å². The lowest BCUT2D eigenvalue weighted by atomic mass is 9.95. The van der Waals surface area contributed by atoms with Crippen molar-refractivity contribution in [3.05, 3.63) is 87.2 Å². The second kappa shape index (κ2) is 11.1. The molecule has 1 atom stereocenters. The molecule has 11 nitrogen and oxygen atoms in total. The third-order valence-corrected chi connectivity index (χ3v) is 7.02. The molecule has 1 amide bonds. The zero-order valence-corrected chi connectivity index (χ0v) is 20.9. The van der Waals surface area contributed by atoms with Gasteiger partial charge >= 0.3 is 5.97 Å². The van der Waals surface area contributed by atoms with Gasteiger partial charge in [0.15, 0.2) is 6.29 Å². The van der Waals surface area contributed by atoms with Crippen molar-refractivity contribution in [3.8, 4) is 0 Å². The number of rotatable bonds is 7. The lowest BCUT2D eigenvalue weighted by Crippen LogP contribution is -2.46. The minimum atomic E-state index is -1.18. The van der Waals surface area contributed by atoms with Gasteiger partial charge in [0.05, 0.1) is 22.2 Å². The Morgan fingerprint density at radius 1 is 1.13 bits per heavy atom. The first kappa shape index (κ1) is 26.2. The number of piperidine rings is 1. The zero-order chi connectivity index (χ0) is 27.5. The molecule has 0 saturated carbocycles. The first-order valence-electron chi connectivity index (χ1n) is 12.5. The number of amides is 1. The molecule has 2 aliphatic heterocycles. The smallest absolute Gasteiger partial charge is 0.338 e. The number of hydrogen-bond donors (Lipinski definition) is 4. The Labute approximate surface area is 222 Å². The number of carboxylic acids is 1. The van der Waals surface area contributed by atoms with Crippen molar-refractivity contribution >= 4 is 28.9 Å². The molecule has 2 aliphatic rings. The largest absolute Gasteiger partial charge is 0.478 e. The molecule has 0 radical (unpaired) electrons. The summed E-state index contributed by atoms with van der Waals surface area (Å²) in [5, 5.41) is 30.6. The number of hydrogen-bond acceptors (Lipinski definition) is 8. The van der Waals surface area contributed by atoms with Crippen LogP contribution in [0.2, 0.25) is 0 Å². The fourth-order valence-electron chi connectivity index (χ4n) is 4.85. The molecule has 0 spiro atoms. The lowest BCUT2D eigenvalue weighted by molar-refractivity contribution is -0.133. The number of nitrogens with one attached hydrogen (secondary N) is 2. The molecule has 1 saturated heterocycles. The number of benzene rings is 2. The van der Waals surface area contributed by atoms with E-state index in [1.807, 2.05) is 12.1 Å². The SMILES string of the molecule is O=C(O)C1=CN(O)C(NCC2CCN(C(=O)c3cc(Cc4n[nH]c(=O)c5ccccc45)ccc3F)CC2)N=C1. The molecule has 39 heavy (non-hydrogen) atoms. The number of fused-ring (bicyclic) bond motifs is 1. The van der Waals surface area contributed by atoms with Crippen LogP contribution in [0, 0.1) is 11.7 Å². The fraction of sp³-hybridized carbons (Fsp3) is 0.296. The van der Waals surface area contributed by atoms with E-state index in [1.54, 1.807) is 29.2 Å². The molecule has 202 valence electrons. The van der Waals surface area contributed by atoms with E-state index < -0.39 is 18.1 Å². The number of aliphatic imine (C=N–C) groups is 1. The van der Waals surface area contributed by atoms with Gasteiger partial charge in [-0.05, 0) is 42.5 Å². The van der Waals surface area contributed by atoms with Crippen LogP contribution in [0.3, 0.4) is 0 Å². The van der Waals surface area contributed by atoms with Crippen LogP contribution in [0.5, 0.6) is 0 Å². The highest BCUT2D eigenvalue weighted by Crippen LogP contribution is 2.23. The monoisotopic (exact) mass is 534 g/mol. The maximum atomic E-state index is 14.7. The van der Waals surface area contributed by atoms with E-state index in [4.69, 9.17) is 5.11 Å². The molecule has 12 heteroatoms. The summed E-state index contributed by atoms with van der Waals surface area (Å²) >= 11 is 0. The predicted molar refractivity (Wildman–Crippen MR) is 140 cm³/mol. The van der Waals surface area contributed by atoms with Crippen LogP contribution in [0.4, 0.5) is 4.39 Å². The first-order chi connectivity index (χ1) is 18.8. The first-order valence-corrected chi connectivity index (χ1v) is 12.5. The van der Waals surface area contributed by atoms with Crippen LogP contribution in [0.1, 0.15) is 34.5 Å². The van der Waals surface area contributed by atoms with Crippen molar-refractivity contribution < 1.29 is 24.3 Å². The third kappa shape index (κ3) is 5.71. The van der Waals surface area contributed by atoms with Crippen LogP contribution in [-0.2, 0) is 11.2 Å². The number of aliphatic carboxylic acids is 1. The second-order valence-electron chi connectivity index (χ2n) is 9.60. The Morgan fingerprint density at radius 3 is 2.59 bits per heavy atom. The van der Waals surface area contributed by atoms with Crippen LogP contribution in [-0.4, -0.2) is 74.5 Å². The summed E-state index contributed by atoms with van der Waals surface area (Å²) in [5.41, 5.74) is 0.910. The third-order valence-electron chi connectivity index (χ3n) is 7.02. The predicted octanol–water partition coefficient (Wildman–Crippen LogP) is 2.12. The number of aromatic nitrogens is 2. The summed E-state index contributed by atoms with van der Waals surface area (Å²) < 4.78 is 14.7. The van der Waals surface area contributed by atoms with E-state index in [1.165, 1.54) is 12.3 Å². The molecule has 5 rings (SSSR count). The molecule has 4 N–H and O–H groups in total. The van der Waals surface area contributed by atoms with E-state index in [2.05, 4.69) is 20.5 Å². The Kier molecular flexibility index (Phi) is 7.48. The Balaban J connectivity index is 1.20. The maximum absolute atomic E-state index is 14.7. The van der Waals surface area contributed by atoms with Crippen LogP contribution < -0.4 is 10.9 Å². The van der Waals surface area contributed by atoms with Gasteiger partial charge in [0.25, 0.3) is 11.5 Å². The van der Waals surface area contributed by atoms with Gasteiger partial charge < -0.3 is 10.0 Å². The summed E-state index contributed by atoms with van der Waals surface area (Å²) in [6.07, 6.45) is 3.15. The van der Waals surface area contributed by atoms with Crippen molar-refractivity contribution in [3.63, 3.8) is 0 Å². The highest BCUT2D eigenvalue weighted by atomic mass is 19.1. The summed E-state index contributed by atoms with van der Waals surface area (Å²) in [6, 6.07) is 11.6. The Morgan fingerprint density at radius 2 is 1.87 bits per heavy atom. The average molecular weight is 535 g/mol. The van der Waals surface area contributed by atoms with E-state index >= 15 is 0 Å². The fourth-order valence-corrected chi connectivity index (χ4v) is 4.85. The van der Waals surface area contributed by atoms with Crippen molar-refractivity contribution in [2.24, 2.45) is 10.9 Å². The molecule has 3 heterocycles. The van der Waals surface area contributed by atoms with Crippen LogP contribution in [0.15, 0.2) is 64.0 Å². The van der Waals surface area contributed by atoms with Crippen molar-refractivity contribution in [1.29, 1.82) is 0 Å². The minimum absolute atomic E-state index is 0.00806. The van der Waals surface area contributed by atoms with Crippen LogP contribution >= 0.6 is 0 Å². The number of hydroxylamine groups is 2. The number of carbonyl (C=O) groups excluding carboxylic acids is 1. The van der Waals surface area contributed by atoms with Gasteiger partial charge in [-0.3, -0.25) is 25.1 Å². The number of carboxylic acid groups (broad SMARTS) is 1. The molecular formula is C27H27FN6O5. The van der Waals surface area contributed by atoms with Crippen molar-refractivity contribution in [1.82, 2.24) is 25.5 Å². The van der Waals surface area contributed by atoms with Crippen LogP contribution in [0.25, 0.3) is 10.8 Å². The summed E-state index contributed by atoms with van der Waals surface area (Å²) in [4.78, 5) is 41.9. The molecule has 1 fully saturated rings.